The first-order chi connectivity index (χ1) is 9.16. The molecule has 0 heterocycles. The van der Waals surface area contributed by atoms with E-state index in [0.717, 1.165) is 5.57 Å². The van der Waals surface area contributed by atoms with Crippen LogP contribution in [0.1, 0.15) is 48.5 Å². The van der Waals surface area contributed by atoms with Crippen LogP contribution in [0.2, 0.25) is 18.1 Å². The van der Waals surface area contributed by atoms with Gasteiger partial charge in [-0.3, -0.25) is 0 Å². The summed E-state index contributed by atoms with van der Waals surface area (Å²) in [5.41, 5.74) is 0.351. The van der Waals surface area contributed by atoms with E-state index in [9.17, 15) is 4.79 Å². The van der Waals surface area contributed by atoms with E-state index in [4.69, 9.17) is 9.16 Å². The van der Waals surface area contributed by atoms with Crippen molar-refractivity contribution >= 4 is 14.4 Å². The molecule has 5 heteroatoms. The summed E-state index contributed by atoms with van der Waals surface area (Å²) < 4.78 is 11.4. The minimum Gasteiger partial charge on any atom is -0.444 e. The fraction of sp³-hybridized carbons (Fsp3) is 0.812. The van der Waals surface area contributed by atoms with Gasteiger partial charge in [0.1, 0.15) is 5.60 Å². The van der Waals surface area contributed by atoms with Gasteiger partial charge in [-0.1, -0.05) is 32.9 Å². The second-order valence-corrected chi connectivity index (χ2v) is 12.9. The van der Waals surface area contributed by atoms with Crippen LogP contribution >= 0.6 is 0 Å². The number of carbonyl (C=O) groups excluding carboxylic acids is 1. The molecule has 0 aliphatic rings. The molecule has 0 spiro atoms. The fourth-order valence-corrected chi connectivity index (χ4v) is 2.28. The molecule has 1 N–H and O–H groups in total. The van der Waals surface area contributed by atoms with E-state index in [1.165, 1.54) is 0 Å². The third-order valence-electron chi connectivity index (χ3n) is 3.70. The highest BCUT2D eigenvalue weighted by Gasteiger charge is 2.37. The molecule has 124 valence electrons. The predicted molar refractivity (Wildman–Crippen MR) is 91.1 cm³/mol. The summed E-state index contributed by atoms with van der Waals surface area (Å²) in [4.78, 5) is 11.9. The molecule has 1 unspecified atom stereocenters. The van der Waals surface area contributed by atoms with E-state index in [2.05, 4.69) is 45.8 Å². The van der Waals surface area contributed by atoms with Crippen LogP contribution in [0.3, 0.4) is 0 Å². The molecule has 0 fully saturated rings. The molecule has 0 aliphatic heterocycles. The first kappa shape index (κ1) is 20.2. The van der Waals surface area contributed by atoms with Crippen molar-refractivity contribution in [2.24, 2.45) is 0 Å². The third kappa shape index (κ3) is 7.67. The van der Waals surface area contributed by atoms with Crippen LogP contribution in [0, 0.1) is 0 Å². The Bertz CT molecular complexity index is 378. The SMILES string of the molecule is C=C(C)C(CO[Si](C)(C)C(C)(C)C)NC(=O)OC(C)(C)C. The highest BCUT2D eigenvalue weighted by Crippen LogP contribution is 2.36. The van der Waals surface area contributed by atoms with Crippen LogP contribution in [0.5, 0.6) is 0 Å². The van der Waals surface area contributed by atoms with Gasteiger partial charge in [0.25, 0.3) is 0 Å². The Hall–Kier alpha value is -0.813. The van der Waals surface area contributed by atoms with Crippen molar-refractivity contribution < 1.29 is 14.0 Å². The summed E-state index contributed by atoms with van der Waals surface area (Å²) in [6, 6.07) is -0.228. The molecule has 0 aliphatic carbocycles. The zero-order chi connectivity index (χ0) is 17.1. The van der Waals surface area contributed by atoms with Crippen LogP contribution in [-0.4, -0.2) is 32.7 Å². The van der Waals surface area contributed by atoms with Crippen molar-refractivity contribution in [2.75, 3.05) is 6.61 Å². The largest absolute Gasteiger partial charge is 0.444 e. The van der Waals surface area contributed by atoms with Crippen molar-refractivity contribution in [3.8, 4) is 0 Å². The van der Waals surface area contributed by atoms with Gasteiger partial charge in [-0.05, 0) is 45.8 Å². The fourth-order valence-electron chi connectivity index (χ4n) is 1.27. The van der Waals surface area contributed by atoms with E-state index < -0.39 is 20.0 Å². The molecule has 0 rings (SSSR count). The number of hydrogen-bond acceptors (Lipinski definition) is 3. The first-order valence-electron chi connectivity index (χ1n) is 7.44. The van der Waals surface area contributed by atoms with Crippen molar-refractivity contribution in [3.63, 3.8) is 0 Å². The Balaban J connectivity index is 4.67. The molecule has 0 bridgehead atoms. The number of alkyl carbamates (subject to hydrolysis) is 1. The molecule has 0 radical (unpaired) electrons. The molecule has 0 aromatic rings. The zero-order valence-corrected chi connectivity index (χ0v) is 16.2. The van der Waals surface area contributed by atoms with Gasteiger partial charge < -0.3 is 14.5 Å². The first-order valence-corrected chi connectivity index (χ1v) is 10.4. The topological polar surface area (TPSA) is 47.6 Å². The molecule has 0 saturated carbocycles. The van der Waals surface area contributed by atoms with Crippen molar-refractivity contribution in [3.05, 3.63) is 12.2 Å². The average molecular weight is 316 g/mol. The minimum absolute atomic E-state index is 0.137. The normalized spacial score (nSPS) is 14.5. The zero-order valence-electron chi connectivity index (χ0n) is 15.2. The molecule has 4 nitrogen and oxygen atoms in total. The molecule has 21 heavy (non-hydrogen) atoms. The van der Waals surface area contributed by atoms with Crippen LogP contribution < -0.4 is 5.32 Å². The number of hydrogen-bond donors (Lipinski definition) is 1. The molecular weight excluding hydrogens is 282 g/mol. The Morgan fingerprint density at radius 2 is 1.67 bits per heavy atom. The van der Waals surface area contributed by atoms with Gasteiger partial charge in [0, 0.05) is 0 Å². The average Bonchev–Trinajstić information content (AvgIpc) is 2.19. The van der Waals surface area contributed by atoms with Gasteiger partial charge in [-0.25, -0.2) is 4.79 Å². The van der Waals surface area contributed by atoms with E-state index in [0.29, 0.717) is 6.61 Å². The number of rotatable bonds is 5. The molecule has 0 aromatic heterocycles. The second-order valence-electron chi connectivity index (χ2n) is 8.12. The Morgan fingerprint density at radius 3 is 2.00 bits per heavy atom. The molecule has 0 aromatic carbocycles. The lowest BCUT2D eigenvalue weighted by Gasteiger charge is -2.37. The Morgan fingerprint density at radius 1 is 1.19 bits per heavy atom. The second kappa shape index (κ2) is 6.96. The van der Waals surface area contributed by atoms with Crippen LogP contribution in [-0.2, 0) is 9.16 Å². The summed E-state index contributed by atoms with van der Waals surface area (Å²) >= 11 is 0. The lowest BCUT2D eigenvalue weighted by Crippen LogP contribution is -2.47. The third-order valence-corrected chi connectivity index (χ3v) is 8.20. The van der Waals surface area contributed by atoms with Gasteiger partial charge in [0.15, 0.2) is 8.32 Å². The summed E-state index contributed by atoms with van der Waals surface area (Å²) in [5.74, 6) is 0. The van der Waals surface area contributed by atoms with Crippen molar-refractivity contribution in [2.45, 2.75) is 78.2 Å². The number of ether oxygens (including phenoxy) is 1. The summed E-state index contributed by atoms with van der Waals surface area (Å²) in [5, 5.41) is 2.97. The molecule has 1 amide bonds. The maximum atomic E-state index is 11.9. The van der Waals surface area contributed by atoms with E-state index in [1.807, 2.05) is 27.7 Å². The van der Waals surface area contributed by atoms with Crippen LogP contribution in [0.15, 0.2) is 12.2 Å². The quantitative estimate of drug-likeness (QED) is 0.601. The minimum atomic E-state index is -1.84. The lowest BCUT2D eigenvalue weighted by atomic mass is 10.1. The Labute approximate surface area is 131 Å². The molecule has 0 saturated heterocycles. The predicted octanol–water partition coefficient (Wildman–Crippen LogP) is 4.48. The number of nitrogens with one attached hydrogen (secondary N) is 1. The van der Waals surface area contributed by atoms with Gasteiger partial charge in [0.2, 0.25) is 0 Å². The van der Waals surface area contributed by atoms with Crippen LogP contribution in [0.25, 0.3) is 0 Å². The summed E-state index contributed by atoms with van der Waals surface area (Å²) in [6.07, 6.45) is -0.436. The monoisotopic (exact) mass is 315 g/mol. The van der Waals surface area contributed by atoms with Gasteiger partial charge >= 0.3 is 6.09 Å². The van der Waals surface area contributed by atoms with Gasteiger partial charge in [-0.2, -0.15) is 0 Å². The summed E-state index contributed by atoms with van der Waals surface area (Å²) in [7, 11) is -1.84. The van der Waals surface area contributed by atoms with E-state index in [1.54, 1.807) is 0 Å². The van der Waals surface area contributed by atoms with Gasteiger partial charge in [-0.15, -0.1) is 0 Å². The van der Waals surface area contributed by atoms with Crippen molar-refractivity contribution in [1.82, 2.24) is 5.32 Å². The highest BCUT2D eigenvalue weighted by molar-refractivity contribution is 6.74. The molecular formula is C16H33NO3Si. The number of carbonyl (C=O) groups is 1. The maximum Gasteiger partial charge on any atom is 0.408 e. The maximum absolute atomic E-state index is 11.9. The Kier molecular flexibility index (Phi) is 6.69. The number of amides is 1. The smallest absolute Gasteiger partial charge is 0.408 e. The standard InChI is InChI=1S/C16H33NO3Si/c1-12(2)13(17-14(18)20-15(3,4)5)11-19-21(9,10)16(6,7)8/h13H,1,11H2,2-10H3,(H,17,18). The lowest BCUT2D eigenvalue weighted by molar-refractivity contribution is 0.0496. The van der Waals surface area contributed by atoms with E-state index >= 15 is 0 Å². The molecule has 1 atom stereocenters. The van der Waals surface area contributed by atoms with Crippen molar-refractivity contribution in [1.29, 1.82) is 0 Å². The van der Waals surface area contributed by atoms with Crippen LogP contribution in [0.4, 0.5) is 4.79 Å². The summed E-state index contributed by atoms with van der Waals surface area (Å²) in [6.45, 7) is 22.7. The van der Waals surface area contributed by atoms with Gasteiger partial charge in [0.05, 0.1) is 12.6 Å². The highest BCUT2D eigenvalue weighted by atomic mass is 28.4. The van der Waals surface area contributed by atoms with E-state index in [-0.39, 0.29) is 11.1 Å².